The zero-order valence-corrected chi connectivity index (χ0v) is 11.3. The summed E-state index contributed by atoms with van der Waals surface area (Å²) in [6.45, 7) is 7.13. The third-order valence-corrected chi connectivity index (χ3v) is 3.73. The fraction of sp³-hybridized carbons (Fsp3) is 0.600. The van der Waals surface area contributed by atoms with Gasteiger partial charge in [-0.15, -0.1) is 0 Å². The van der Waals surface area contributed by atoms with Gasteiger partial charge in [0, 0.05) is 24.5 Å². The Labute approximate surface area is 109 Å². The summed E-state index contributed by atoms with van der Waals surface area (Å²) >= 11 is 0. The molecular weight excluding hydrogens is 227 g/mol. The van der Waals surface area contributed by atoms with E-state index in [2.05, 4.69) is 24.5 Å². The Morgan fingerprint density at radius 3 is 2.83 bits per heavy atom. The molecule has 2 rings (SSSR count). The minimum Gasteiger partial charge on any atom is -0.315 e. The van der Waals surface area contributed by atoms with Crippen LogP contribution in [0.15, 0.2) is 24.3 Å². The highest BCUT2D eigenvalue weighted by Crippen LogP contribution is 2.25. The molecule has 1 aliphatic rings. The van der Waals surface area contributed by atoms with Gasteiger partial charge in [-0.25, -0.2) is 4.39 Å². The number of halogens is 1. The quantitative estimate of drug-likeness (QED) is 0.857. The second kappa shape index (κ2) is 5.81. The monoisotopic (exact) mass is 250 g/mol. The van der Waals surface area contributed by atoms with Crippen molar-refractivity contribution >= 4 is 0 Å². The molecule has 100 valence electrons. The number of nitrogens with one attached hydrogen (secondary N) is 2. The van der Waals surface area contributed by atoms with Crippen molar-refractivity contribution in [3.63, 3.8) is 0 Å². The average Bonchev–Trinajstić information content (AvgIpc) is 2.38. The van der Waals surface area contributed by atoms with Gasteiger partial charge in [0.1, 0.15) is 5.82 Å². The minimum absolute atomic E-state index is 0.105. The Hall–Kier alpha value is -0.930. The molecule has 0 aromatic heterocycles. The Morgan fingerprint density at radius 1 is 1.39 bits per heavy atom. The SMILES string of the molecule is CC(C)(CNC1CCCNC1)c1ccccc1F. The Balaban J connectivity index is 1.96. The highest BCUT2D eigenvalue weighted by molar-refractivity contribution is 5.25. The first-order valence-corrected chi connectivity index (χ1v) is 6.79. The smallest absolute Gasteiger partial charge is 0.126 e. The number of hydrogen-bond acceptors (Lipinski definition) is 2. The van der Waals surface area contributed by atoms with Crippen LogP contribution in [0.25, 0.3) is 0 Å². The summed E-state index contributed by atoms with van der Waals surface area (Å²) in [6, 6.07) is 7.59. The molecule has 0 amide bonds. The normalized spacial score (nSPS) is 20.9. The maximum Gasteiger partial charge on any atom is 0.126 e. The van der Waals surface area contributed by atoms with Gasteiger partial charge in [-0.05, 0) is 31.0 Å². The first-order valence-electron chi connectivity index (χ1n) is 6.79. The van der Waals surface area contributed by atoms with Gasteiger partial charge in [-0.2, -0.15) is 0 Å². The second-order valence-electron chi connectivity index (χ2n) is 5.79. The molecule has 0 aliphatic carbocycles. The van der Waals surface area contributed by atoms with Gasteiger partial charge < -0.3 is 10.6 Å². The first-order chi connectivity index (χ1) is 8.59. The van der Waals surface area contributed by atoms with Crippen LogP contribution in [0.3, 0.4) is 0 Å². The van der Waals surface area contributed by atoms with Crippen molar-refractivity contribution in [2.45, 2.75) is 38.1 Å². The van der Waals surface area contributed by atoms with Crippen molar-refractivity contribution in [2.24, 2.45) is 0 Å². The Morgan fingerprint density at radius 2 is 2.17 bits per heavy atom. The van der Waals surface area contributed by atoms with Crippen LogP contribution < -0.4 is 10.6 Å². The minimum atomic E-state index is -0.178. The van der Waals surface area contributed by atoms with Crippen molar-refractivity contribution in [3.05, 3.63) is 35.6 Å². The van der Waals surface area contributed by atoms with E-state index in [-0.39, 0.29) is 11.2 Å². The van der Waals surface area contributed by atoms with Crippen LogP contribution in [0.2, 0.25) is 0 Å². The molecule has 1 atom stereocenters. The molecule has 2 N–H and O–H groups in total. The predicted octanol–water partition coefficient (Wildman–Crippen LogP) is 2.44. The first kappa shape index (κ1) is 13.5. The second-order valence-corrected chi connectivity index (χ2v) is 5.79. The Kier molecular flexibility index (Phi) is 4.36. The van der Waals surface area contributed by atoms with Crippen LogP contribution in [0.1, 0.15) is 32.3 Å². The fourth-order valence-electron chi connectivity index (χ4n) is 2.53. The van der Waals surface area contributed by atoms with Gasteiger partial charge in [-0.1, -0.05) is 32.0 Å². The number of piperidine rings is 1. The number of rotatable bonds is 4. The average molecular weight is 250 g/mol. The van der Waals surface area contributed by atoms with Crippen LogP contribution in [-0.4, -0.2) is 25.7 Å². The lowest BCUT2D eigenvalue weighted by molar-refractivity contribution is 0.349. The van der Waals surface area contributed by atoms with Crippen LogP contribution in [-0.2, 0) is 5.41 Å². The van der Waals surface area contributed by atoms with Crippen LogP contribution in [0.5, 0.6) is 0 Å². The molecule has 0 spiro atoms. The summed E-state index contributed by atoms with van der Waals surface area (Å²) in [7, 11) is 0. The topological polar surface area (TPSA) is 24.1 Å². The summed E-state index contributed by atoms with van der Waals surface area (Å²) in [5.74, 6) is -0.105. The lowest BCUT2D eigenvalue weighted by atomic mass is 9.84. The Bertz CT molecular complexity index is 384. The van der Waals surface area contributed by atoms with Gasteiger partial charge in [0.2, 0.25) is 0 Å². The third-order valence-electron chi connectivity index (χ3n) is 3.73. The molecule has 0 saturated carbocycles. The van der Waals surface area contributed by atoms with E-state index in [0.29, 0.717) is 6.04 Å². The summed E-state index contributed by atoms with van der Waals surface area (Å²) in [5.41, 5.74) is 0.615. The van der Waals surface area contributed by atoms with Crippen molar-refractivity contribution < 1.29 is 4.39 Å². The standard InChI is InChI=1S/C15H23FN2/c1-15(2,13-7-3-4-8-14(13)16)11-18-12-6-5-9-17-10-12/h3-4,7-8,12,17-18H,5-6,9-11H2,1-2H3. The zero-order valence-electron chi connectivity index (χ0n) is 11.3. The summed E-state index contributed by atoms with van der Waals surface area (Å²) in [5, 5.41) is 6.94. The van der Waals surface area contributed by atoms with Gasteiger partial charge >= 0.3 is 0 Å². The van der Waals surface area contributed by atoms with Crippen LogP contribution >= 0.6 is 0 Å². The van der Waals surface area contributed by atoms with E-state index in [0.717, 1.165) is 25.2 Å². The van der Waals surface area contributed by atoms with Gasteiger partial charge in [-0.3, -0.25) is 0 Å². The molecule has 2 nitrogen and oxygen atoms in total. The van der Waals surface area contributed by atoms with Crippen LogP contribution in [0, 0.1) is 5.82 Å². The molecule has 1 unspecified atom stereocenters. The van der Waals surface area contributed by atoms with Crippen molar-refractivity contribution in [1.82, 2.24) is 10.6 Å². The summed E-state index contributed by atoms with van der Waals surface area (Å²) in [4.78, 5) is 0. The molecule has 18 heavy (non-hydrogen) atoms. The maximum atomic E-state index is 13.8. The van der Waals surface area contributed by atoms with Crippen LogP contribution in [0.4, 0.5) is 4.39 Å². The summed E-state index contributed by atoms with van der Waals surface area (Å²) < 4.78 is 13.8. The van der Waals surface area contributed by atoms with Gasteiger partial charge in [0.05, 0.1) is 0 Å². The highest BCUT2D eigenvalue weighted by Gasteiger charge is 2.25. The van der Waals surface area contributed by atoms with E-state index in [9.17, 15) is 4.39 Å². The molecule has 1 aromatic rings. The van der Waals surface area contributed by atoms with E-state index in [1.54, 1.807) is 12.1 Å². The molecule has 1 aromatic carbocycles. The van der Waals surface area contributed by atoms with Gasteiger partial charge in [0.15, 0.2) is 0 Å². The summed E-state index contributed by atoms with van der Waals surface area (Å²) in [6.07, 6.45) is 2.43. The van der Waals surface area contributed by atoms with E-state index in [4.69, 9.17) is 0 Å². The molecule has 0 radical (unpaired) electrons. The zero-order chi connectivity index (χ0) is 13.0. The fourth-order valence-corrected chi connectivity index (χ4v) is 2.53. The highest BCUT2D eigenvalue weighted by atomic mass is 19.1. The maximum absolute atomic E-state index is 13.8. The van der Waals surface area contributed by atoms with Crippen molar-refractivity contribution in [1.29, 1.82) is 0 Å². The molecule has 1 saturated heterocycles. The lowest BCUT2D eigenvalue weighted by Gasteiger charge is -2.31. The molecule has 1 fully saturated rings. The van der Waals surface area contributed by atoms with Crippen molar-refractivity contribution in [2.75, 3.05) is 19.6 Å². The van der Waals surface area contributed by atoms with Gasteiger partial charge in [0.25, 0.3) is 0 Å². The number of benzene rings is 1. The van der Waals surface area contributed by atoms with E-state index in [1.165, 1.54) is 12.8 Å². The molecule has 3 heteroatoms. The third kappa shape index (κ3) is 3.30. The van der Waals surface area contributed by atoms with E-state index in [1.807, 2.05) is 12.1 Å². The van der Waals surface area contributed by atoms with Crippen molar-refractivity contribution in [3.8, 4) is 0 Å². The van der Waals surface area contributed by atoms with E-state index >= 15 is 0 Å². The van der Waals surface area contributed by atoms with E-state index < -0.39 is 0 Å². The molecular formula is C15H23FN2. The molecule has 0 bridgehead atoms. The molecule has 1 heterocycles. The largest absolute Gasteiger partial charge is 0.315 e. The molecule has 1 aliphatic heterocycles. The number of hydrogen-bond donors (Lipinski definition) is 2. The predicted molar refractivity (Wildman–Crippen MR) is 73.3 cm³/mol. The lowest BCUT2D eigenvalue weighted by Crippen LogP contribution is -2.47.